The molecule has 1 heterocycles. The lowest BCUT2D eigenvalue weighted by molar-refractivity contribution is 0.313. The summed E-state index contributed by atoms with van der Waals surface area (Å²) in [5.74, 6) is -0.133. The molecule has 1 saturated carbocycles. The van der Waals surface area contributed by atoms with E-state index in [0.717, 1.165) is 25.6 Å². The molecule has 0 spiro atoms. The van der Waals surface area contributed by atoms with Gasteiger partial charge in [-0.2, -0.15) is 0 Å². The minimum atomic E-state index is -0.299. The number of phenols is 1. The molecule has 1 aliphatic carbocycles. The van der Waals surface area contributed by atoms with Gasteiger partial charge in [0.25, 0.3) is 0 Å². The summed E-state index contributed by atoms with van der Waals surface area (Å²) in [4.78, 5) is 2.54. The number of aromatic hydroxyl groups is 1. The van der Waals surface area contributed by atoms with Crippen LogP contribution in [0.25, 0.3) is 0 Å². The average molecular weight is 264 g/mol. The summed E-state index contributed by atoms with van der Waals surface area (Å²) in [6.45, 7) is 4.21. The first-order valence-corrected chi connectivity index (χ1v) is 7.12. The Morgan fingerprint density at radius 1 is 1.37 bits per heavy atom. The van der Waals surface area contributed by atoms with Crippen LogP contribution in [0.5, 0.6) is 5.75 Å². The van der Waals surface area contributed by atoms with Crippen LogP contribution in [0, 0.1) is 5.82 Å². The van der Waals surface area contributed by atoms with Crippen LogP contribution < -0.4 is 5.32 Å². The first-order chi connectivity index (χ1) is 9.13. The standard InChI is InChI=1S/C15H21FN2O/c1-10(14-8-11(16)2-5-15(14)19)17-12-6-7-18(9-12)13-3-4-13/h2,5,8,10,12-13,17,19H,3-4,6-7,9H2,1H3. The predicted octanol–water partition coefficient (Wildman–Crippen LogP) is 2.42. The molecule has 1 aliphatic heterocycles. The number of likely N-dealkylation sites (tertiary alicyclic amines) is 1. The van der Waals surface area contributed by atoms with Crippen molar-refractivity contribution in [1.29, 1.82) is 0 Å². The first-order valence-electron chi connectivity index (χ1n) is 7.12. The van der Waals surface area contributed by atoms with Gasteiger partial charge >= 0.3 is 0 Å². The highest BCUT2D eigenvalue weighted by atomic mass is 19.1. The molecular weight excluding hydrogens is 243 g/mol. The summed E-state index contributed by atoms with van der Waals surface area (Å²) in [6.07, 6.45) is 3.82. The zero-order chi connectivity index (χ0) is 13.4. The van der Waals surface area contributed by atoms with Crippen molar-refractivity contribution in [1.82, 2.24) is 10.2 Å². The molecule has 1 aromatic carbocycles. The average Bonchev–Trinajstić information content (AvgIpc) is 3.13. The highest BCUT2D eigenvalue weighted by Crippen LogP contribution is 2.31. The number of hydrogen-bond acceptors (Lipinski definition) is 3. The number of rotatable bonds is 4. The van der Waals surface area contributed by atoms with Crippen molar-refractivity contribution in [3.8, 4) is 5.75 Å². The summed E-state index contributed by atoms with van der Waals surface area (Å²) < 4.78 is 13.3. The van der Waals surface area contributed by atoms with Gasteiger partial charge in [-0.05, 0) is 44.4 Å². The molecule has 0 bridgehead atoms. The molecule has 0 aromatic heterocycles. The summed E-state index contributed by atoms with van der Waals surface area (Å²) in [5.41, 5.74) is 0.643. The molecule has 3 nitrogen and oxygen atoms in total. The van der Waals surface area contributed by atoms with Crippen molar-refractivity contribution >= 4 is 0 Å². The van der Waals surface area contributed by atoms with Crippen LogP contribution in [-0.2, 0) is 0 Å². The fraction of sp³-hybridized carbons (Fsp3) is 0.600. The Morgan fingerprint density at radius 2 is 2.16 bits per heavy atom. The van der Waals surface area contributed by atoms with Gasteiger partial charge in [0, 0.05) is 36.8 Å². The maximum Gasteiger partial charge on any atom is 0.123 e. The lowest BCUT2D eigenvalue weighted by Gasteiger charge is -2.21. The summed E-state index contributed by atoms with van der Waals surface area (Å²) in [5, 5.41) is 13.3. The molecule has 0 radical (unpaired) electrons. The van der Waals surface area contributed by atoms with Crippen LogP contribution in [0.2, 0.25) is 0 Å². The largest absolute Gasteiger partial charge is 0.508 e. The lowest BCUT2D eigenvalue weighted by Crippen LogP contribution is -2.35. The van der Waals surface area contributed by atoms with Crippen LogP contribution in [0.4, 0.5) is 4.39 Å². The van der Waals surface area contributed by atoms with Crippen molar-refractivity contribution < 1.29 is 9.50 Å². The van der Waals surface area contributed by atoms with Crippen molar-refractivity contribution in [3.05, 3.63) is 29.6 Å². The van der Waals surface area contributed by atoms with Gasteiger partial charge in [0.15, 0.2) is 0 Å². The molecule has 3 rings (SSSR count). The van der Waals surface area contributed by atoms with Gasteiger partial charge in [-0.3, -0.25) is 4.90 Å². The summed E-state index contributed by atoms with van der Waals surface area (Å²) in [6, 6.07) is 5.35. The van der Waals surface area contributed by atoms with Gasteiger partial charge in [-0.25, -0.2) is 4.39 Å². The maximum absolute atomic E-state index is 13.3. The van der Waals surface area contributed by atoms with Gasteiger partial charge in [-0.15, -0.1) is 0 Å². The Morgan fingerprint density at radius 3 is 2.89 bits per heavy atom. The van der Waals surface area contributed by atoms with Crippen LogP contribution in [-0.4, -0.2) is 35.2 Å². The molecule has 104 valence electrons. The molecule has 2 fully saturated rings. The highest BCUT2D eigenvalue weighted by molar-refractivity contribution is 5.35. The molecule has 2 aliphatic rings. The summed E-state index contributed by atoms with van der Waals surface area (Å²) >= 11 is 0. The number of nitrogens with one attached hydrogen (secondary N) is 1. The second-order valence-electron chi connectivity index (χ2n) is 5.80. The van der Waals surface area contributed by atoms with Gasteiger partial charge < -0.3 is 10.4 Å². The Labute approximate surface area is 113 Å². The van der Waals surface area contributed by atoms with Crippen molar-refractivity contribution in [2.75, 3.05) is 13.1 Å². The smallest absolute Gasteiger partial charge is 0.123 e. The van der Waals surface area contributed by atoms with E-state index in [0.29, 0.717) is 11.6 Å². The Balaban J connectivity index is 1.61. The minimum absolute atomic E-state index is 0.0279. The molecule has 2 N–H and O–H groups in total. The van der Waals surface area contributed by atoms with E-state index < -0.39 is 0 Å². The normalized spacial score (nSPS) is 25.7. The molecule has 1 saturated heterocycles. The third-order valence-electron chi connectivity index (χ3n) is 4.22. The fourth-order valence-electron chi connectivity index (χ4n) is 3.01. The van der Waals surface area contributed by atoms with E-state index in [4.69, 9.17) is 0 Å². The molecule has 19 heavy (non-hydrogen) atoms. The van der Waals surface area contributed by atoms with Crippen molar-refractivity contribution in [2.45, 2.75) is 44.3 Å². The van der Waals surface area contributed by atoms with Crippen LogP contribution >= 0.6 is 0 Å². The second-order valence-corrected chi connectivity index (χ2v) is 5.80. The first kappa shape index (κ1) is 12.9. The molecular formula is C15H21FN2O. The van der Waals surface area contributed by atoms with Crippen LogP contribution in [0.3, 0.4) is 0 Å². The lowest BCUT2D eigenvalue weighted by atomic mass is 10.1. The van der Waals surface area contributed by atoms with Gasteiger partial charge in [0.2, 0.25) is 0 Å². The monoisotopic (exact) mass is 264 g/mol. The molecule has 0 amide bonds. The zero-order valence-corrected chi connectivity index (χ0v) is 11.3. The van der Waals surface area contributed by atoms with E-state index in [9.17, 15) is 9.50 Å². The van der Waals surface area contributed by atoms with Crippen LogP contribution in [0.15, 0.2) is 18.2 Å². The van der Waals surface area contributed by atoms with E-state index >= 15 is 0 Å². The Kier molecular flexibility index (Phi) is 3.46. The Hall–Kier alpha value is -1.13. The number of phenolic OH excluding ortho intramolecular Hbond substituents is 1. The van der Waals surface area contributed by atoms with E-state index in [-0.39, 0.29) is 17.6 Å². The van der Waals surface area contributed by atoms with E-state index in [2.05, 4.69) is 10.2 Å². The van der Waals surface area contributed by atoms with Crippen molar-refractivity contribution in [3.63, 3.8) is 0 Å². The molecule has 2 unspecified atom stereocenters. The molecule has 2 atom stereocenters. The number of halogens is 1. The van der Waals surface area contributed by atoms with Gasteiger partial charge in [0.1, 0.15) is 11.6 Å². The third-order valence-corrected chi connectivity index (χ3v) is 4.22. The number of benzene rings is 1. The molecule has 4 heteroatoms. The number of hydrogen-bond donors (Lipinski definition) is 2. The topological polar surface area (TPSA) is 35.5 Å². The quantitative estimate of drug-likeness (QED) is 0.876. The Bertz CT molecular complexity index is 461. The second kappa shape index (κ2) is 5.10. The number of nitrogens with zero attached hydrogens (tertiary/aromatic N) is 1. The van der Waals surface area contributed by atoms with Crippen molar-refractivity contribution in [2.24, 2.45) is 0 Å². The fourth-order valence-corrected chi connectivity index (χ4v) is 3.01. The summed E-state index contributed by atoms with van der Waals surface area (Å²) in [7, 11) is 0. The minimum Gasteiger partial charge on any atom is -0.508 e. The highest BCUT2D eigenvalue weighted by Gasteiger charge is 2.34. The van der Waals surface area contributed by atoms with E-state index in [1.807, 2.05) is 6.92 Å². The maximum atomic E-state index is 13.3. The van der Waals surface area contributed by atoms with E-state index in [1.165, 1.54) is 31.0 Å². The predicted molar refractivity (Wildman–Crippen MR) is 72.6 cm³/mol. The zero-order valence-electron chi connectivity index (χ0n) is 11.3. The van der Waals surface area contributed by atoms with Gasteiger partial charge in [0.05, 0.1) is 0 Å². The SMILES string of the molecule is CC(NC1CCN(C2CC2)C1)c1cc(F)ccc1O. The van der Waals surface area contributed by atoms with Gasteiger partial charge in [-0.1, -0.05) is 0 Å². The molecule has 1 aromatic rings. The van der Waals surface area contributed by atoms with Crippen LogP contribution in [0.1, 0.15) is 37.8 Å². The van der Waals surface area contributed by atoms with E-state index in [1.54, 1.807) is 0 Å². The third kappa shape index (κ3) is 2.90.